The maximum atomic E-state index is 11.1. The van der Waals surface area contributed by atoms with Crippen molar-refractivity contribution in [2.24, 2.45) is 11.8 Å². The fraction of sp³-hybridized carbons (Fsp3) is 0.500. The van der Waals surface area contributed by atoms with Crippen LogP contribution in [0.15, 0.2) is 11.1 Å². The van der Waals surface area contributed by atoms with Crippen LogP contribution in [0.4, 0.5) is 0 Å². The first-order valence-electron chi connectivity index (χ1n) is 3.81. The lowest BCUT2D eigenvalue weighted by molar-refractivity contribution is -0.153. The molecule has 1 aliphatic carbocycles. The van der Waals surface area contributed by atoms with Gasteiger partial charge in [0.1, 0.15) is 5.92 Å². The molecule has 4 heteroatoms. The summed E-state index contributed by atoms with van der Waals surface area (Å²) in [5, 5.41) is 0.460. The molecule has 1 fully saturated rings. The fourth-order valence-electron chi connectivity index (χ4n) is 1.66. The summed E-state index contributed by atoms with van der Waals surface area (Å²) < 4.78 is 4.48. The summed E-state index contributed by atoms with van der Waals surface area (Å²) in [6.45, 7) is 0. The van der Waals surface area contributed by atoms with Crippen molar-refractivity contribution in [2.75, 3.05) is 0 Å². The van der Waals surface area contributed by atoms with Crippen LogP contribution >= 0.6 is 11.6 Å². The first kappa shape index (κ1) is 7.80. The van der Waals surface area contributed by atoms with Crippen molar-refractivity contribution in [2.45, 2.75) is 12.8 Å². The van der Waals surface area contributed by atoms with Crippen LogP contribution in [0.2, 0.25) is 0 Å². The van der Waals surface area contributed by atoms with E-state index in [2.05, 4.69) is 4.74 Å². The van der Waals surface area contributed by atoms with Gasteiger partial charge in [-0.1, -0.05) is 17.7 Å². The lowest BCUT2D eigenvalue weighted by Gasteiger charge is -2.16. The standard InChI is InChI=1S/C8H7ClO3/c9-5-3-1-2-4-6(5)8(11)12-7(4)10/h3-4,6H,1-2H2. The molecule has 0 saturated carbocycles. The van der Waals surface area contributed by atoms with Crippen molar-refractivity contribution < 1.29 is 14.3 Å². The Morgan fingerprint density at radius 3 is 2.83 bits per heavy atom. The number of fused-ring (bicyclic) bond motifs is 1. The lowest BCUT2D eigenvalue weighted by Crippen LogP contribution is -2.20. The molecule has 0 spiro atoms. The summed E-state index contributed by atoms with van der Waals surface area (Å²) in [5.74, 6) is -1.75. The molecule has 3 nitrogen and oxygen atoms in total. The van der Waals surface area contributed by atoms with Crippen LogP contribution in [-0.4, -0.2) is 11.9 Å². The Morgan fingerprint density at radius 2 is 2.17 bits per heavy atom. The molecule has 2 aliphatic rings. The van der Waals surface area contributed by atoms with Gasteiger partial charge < -0.3 is 4.74 Å². The molecule has 2 rings (SSSR count). The van der Waals surface area contributed by atoms with Gasteiger partial charge in [0, 0.05) is 5.03 Å². The summed E-state index contributed by atoms with van der Waals surface area (Å²) in [7, 11) is 0. The third kappa shape index (κ3) is 0.966. The van der Waals surface area contributed by atoms with Crippen LogP contribution in [-0.2, 0) is 14.3 Å². The molecular formula is C8H7ClO3. The monoisotopic (exact) mass is 186 g/mol. The third-order valence-electron chi connectivity index (χ3n) is 2.27. The van der Waals surface area contributed by atoms with E-state index in [1.807, 2.05) is 0 Å². The number of ether oxygens (including phenoxy) is 1. The lowest BCUT2D eigenvalue weighted by atomic mass is 9.86. The van der Waals surface area contributed by atoms with Gasteiger partial charge in [0.05, 0.1) is 5.92 Å². The van der Waals surface area contributed by atoms with Crippen molar-refractivity contribution >= 4 is 23.5 Å². The van der Waals surface area contributed by atoms with Crippen molar-refractivity contribution in [1.29, 1.82) is 0 Å². The van der Waals surface area contributed by atoms with E-state index in [1.165, 1.54) is 0 Å². The van der Waals surface area contributed by atoms with E-state index in [0.717, 1.165) is 6.42 Å². The van der Waals surface area contributed by atoms with Gasteiger partial charge in [-0.05, 0) is 12.8 Å². The second-order valence-corrected chi connectivity index (χ2v) is 3.43. The van der Waals surface area contributed by atoms with Gasteiger partial charge in [-0.15, -0.1) is 0 Å². The minimum atomic E-state index is -0.507. The zero-order valence-electron chi connectivity index (χ0n) is 6.25. The van der Waals surface area contributed by atoms with Gasteiger partial charge in [-0.3, -0.25) is 9.59 Å². The Labute approximate surface area is 74.3 Å². The topological polar surface area (TPSA) is 43.4 Å². The molecule has 1 aliphatic heterocycles. The summed E-state index contributed by atoms with van der Waals surface area (Å²) >= 11 is 5.79. The van der Waals surface area contributed by atoms with Gasteiger partial charge in [0.25, 0.3) is 0 Å². The SMILES string of the molecule is O=C1OC(=O)C2C(Cl)=CCCC12. The Kier molecular flexibility index (Phi) is 1.68. The highest BCUT2D eigenvalue weighted by Gasteiger charge is 2.46. The van der Waals surface area contributed by atoms with E-state index in [1.54, 1.807) is 6.08 Å². The number of hydrogen-bond donors (Lipinski definition) is 0. The van der Waals surface area contributed by atoms with Gasteiger partial charge >= 0.3 is 11.9 Å². The maximum Gasteiger partial charge on any atom is 0.322 e. The Hall–Kier alpha value is -0.830. The van der Waals surface area contributed by atoms with Gasteiger partial charge in [-0.2, -0.15) is 0 Å². The number of carbonyl (C=O) groups is 2. The predicted octanol–water partition coefficient (Wildman–Crippen LogP) is 1.22. The number of esters is 2. The summed E-state index contributed by atoms with van der Waals surface area (Å²) in [4.78, 5) is 22.1. The predicted molar refractivity (Wildman–Crippen MR) is 41.2 cm³/mol. The van der Waals surface area contributed by atoms with E-state index >= 15 is 0 Å². The van der Waals surface area contributed by atoms with Gasteiger partial charge in [0.2, 0.25) is 0 Å². The largest absolute Gasteiger partial charge is 0.392 e. The van der Waals surface area contributed by atoms with E-state index in [4.69, 9.17) is 11.6 Å². The zero-order chi connectivity index (χ0) is 8.72. The molecule has 0 bridgehead atoms. The minimum Gasteiger partial charge on any atom is -0.392 e. The Balaban J connectivity index is 2.36. The van der Waals surface area contributed by atoms with Crippen LogP contribution < -0.4 is 0 Å². The molecule has 0 N–H and O–H groups in total. The van der Waals surface area contributed by atoms with E-state index in [-0.39, 0.29) is 5.92 Å². The van der Waals surface area contributed by atoms with Crippen LogP contribution in [0.3, 0.4) is 0 Å². The summed E-state index contributed by atoms with van der Waals surface area (Å²) in [6, 6.07) is 0. The van der Waals surface area contributed by atoms with Crippen molar-refractivity contribution in [3.8, 4) is 0 Å². The molecule has 2 atom stereocenters. The minimum absolute atomic E-state index is 0.324. The highest BCUT2D eigenvalue weighted by Crippen LogP contribution is 2.38. The molecule has 64 valence electrons. The third-order valence-corrected chi connectivity index (χ3v) is 2.66. The molecule has 0 aromatic rings. The van der Waals surface area contributed by atoms with Crippen LogP contribution in [0, 0.1) is 11.8 Å². The molecule has 2 unspecified atom stereocenters. The average Bonchev–Trinajstić information content (AvgIpc) is 2.29. The molecule has 12 heavy (non-hydrogen) atoms. The number of allylic oxidation sites excluding steroid dienone is 1. The van der Waals surface area contributed by atoms with Crippen LogP contribution in [0.5, 0.6) is 0 Å². The first-order valence-corrected chi connectivity index (χ1v) is 4.19. The molecule has 0 amide bonds. The quantitative estimate of drug-likeness (QED) is 0.422. The average molecular weight is 187 g/mol. The van der Waals surface area contributed by atoms with Gasteiger partial charge in [0.15, 0.2) is 0 Å². The second kappa shape index (κ2) is 2.59. The van der Waals surface area contributed by atoms with Crippen molar-refractivity contribution in [1.82, 2.24) is 0 Å². The van der Waals surface area contributed by atoms with E-state index in [9.17, 15) is 9.59 Å². The number of halogens is 1. The molecule has 0 aromatic heterocycles. The maximum absolute atomic E-state index is 11.1. The molecule has 1 heterocycles. The van der Waals surface area contributed by atoms with E-state index in [0.29, 0.717) is 11.5 Å². The normalized spacial score (nSPS) is 34.2. The fourth-order valence-corrected chi connectivity index (χ4v) is 2.01. The Morgan fingerprint density at radius 1 is 1.42 bits per heavy atom. The highest BCUT2D eigenvalue weighted by atomic mass is 35.5. The summed E-state index contributed by atoms with van der Waals surface area (Å²) in [6.07, 6.45) is 3.20. The zero-order valence-corrected chi connectivity index (χ0v) is 7.00. The Bertz CT molecular complexity index is 282. The van der Waals surface area contributed by atoms with Crippen LogP contribution in [0.25, 0.3) is 0 Å². The number of carbonyl (C=O) groups excluding carboxylic acids is 2. The number of rotatable bonds is 0. The van der Waals surface area contributed by atoms with E-state index < -0.39 is 17.9 Å². The van der Waals surface area contributed by atoms with Crippen molar-refractivity contribution in [3.63, 3.8) is 0 Å². The smallest absolute Gasteiger partial charge is 0.322 e. The molecule has 0 aromatic carbocycles. The van der Waals surface area contributed by atoms with Gasteiger partial charge in [-0.25, -0.2) is 0 Å². The second-order valence-electron chi connectivity index (χ2n) is 2.99. The molecular weight excluding hydrogens is 180 g/mol. The molecule has 0 radical (unpaired) electrons. The molecule has 1 saturated heterocycles. The number of hydrogen-bond acceptors (Lipinski definition) is 3. The van der Waals surface area contributed by atoms with Crippen molar-refractivity contribution in [3.05, 3.63) is 11.1 Å². The highest BCUT2D eigenvalue weighted by molar-refractivity contribution is 6.32. The summed E-state index contributed by atoms with van der Waals surface area (Å²) in [5.41, 5.74) is 0. The first-order chi connectivity index (χ1) is 5.70. The number of cyclic esters (lactones) is 2. The van der Waals surface area contributed by atoms with Crippen LogP contribution in [0.1, 0.15) is 12.8 Å².